The standard InChI is InChI=1S/C19H15N7O5/c20-12-13(15(28)14(12)27)21-7-9-2-1-3-10(6-9)8-22-18(29)16-24-11-4-5-23-26(11)17(25-16)19(30)31/h1-6,21H,7-8,20H2,(H,22,29)(H,30,31). The number of nitrogens with two attached hydrogens (primary N) is 1. The monoisotopic (exact) mass is 421 g/mol. The fourth-order valence-electron chi connectivity index (χ4n) is 2.95. The molecule has 31 heavy (non-hydrogen) atoms. The van der Waals surface area contributed by atoms with Crippen LogP contribution in [0.1, 0.15) is 32.4 Å². The van der Waals surface area contributed by atoms with Crippen LogP contribution in [0.5, 0.6) is 0 Å². The minimum atomic E-state index is -1.34. The number of rotatable bonds is 7. The molecule has 2 aromatic heterocycles. The lowest BCUT2D eigenvalue weighted by Gasteiger charge is -2.11. The number of benzene rings is 1. The zero-order valence-electron chi connectivity index (χ0n) is 15.8. The zero-order chi connectivity index (χ0) is 22.1. The number of nitrogen functional groups attached to an aromatic ring is 1. The fraction of sp³-hybridized carbons (Fsp3) is 0.105. The van der Waals surface area contributed by atoms with Gasteiger partial charge in [0.2, 0.25) is 11.6 Å². The van der Waals surface area contributed by atoms with Gasteiger partial charge in [-0.1, -0.05) is 24.3 Å². The van der Waals surface area contributed by atoms with Crippen molar-refractivity contribution in [2.24, 2.45) is 0 Å². The van der Waals surface area contributed by atoms with Gasteiger partial charge in [-0.3, -0.25) is 14.4 Å². The van der Waals surface area contributed by atoms with Gasteiger partial charge in [0.15, 0.2) is 5.65 Å². The molecule has 0 aliphatic rings. The first-order valence-corrected chi connectivity index (χ1v) is 8.99. The van der Waals surface area contributed by atoms with Crippen LogP contribution in [-0.4, -0.2) is 36.6 Å². The van der Waals surface area contributed by atoms with Crippen LogP contribution < -0.4 is 27.2 Å². The molecule has 12 nitrogen and oxygen atoms in total. The van der Waals surface area contributed by atoms with E-state index in [1.165, 1.54) is 12.3 Å². The summed E-state index contributed by atoms with van der Waals surface area (Å²) >= 11 is 0. The molecule has 0 atom stereocenters. The number of carbonyl (C=O) groups is 2. The Hall–Kier alpha value is -4.61. The molecule has 156 valence electrons. The van der Waals surface area contributed by atoms with E-state index in [0.29, 0.717) is 0 Å². The summed E-state index contributed by atoms with van der Waals surface area (Å²) < 4.78 is 1.03. The number of anilines is 2. The van der Waals surface area contributed by atoms with Crippen molar-refractivity contribution in [3.63, 3.8) is 0 Å². The molecule has 0 aliphatic carbocycles. The number of carboxylic acid groups (broad SMARTS) is 1. The summed E-state index contributed by atoms with van der Waals surface area (Å²) in [5, 5.41) is 18.6. The predicted molar refractivity (Wildman–Crippen MR) is 108 cm³/mol. The molecule has 0 fully saturated rings. The SMILES string of the molecule is Nc1c(NCc2cccc(CNC(=O)c3nc(C(=O)O)n4nccc4n3)c2)c(=O)c1=O. The third-order valence-corrected chi connectivity index (χ3v) is 4.51. The average Bonchev–Trinajstić information content (AvgIpc) is 3.25. The van der Waals surface area contributed by atoms with Crippen LogP contribution in [0.2, 0.25) is 0 Å². The number of fused-ring (bicyclic) bond motifs is 1. The molecular formula is C19H15N7O5. The summed E-state index contributed by atoms with van der Waals surface area (Å²) in [7, 11) is 0. The lowest BCUT2D eigenvalue weighted by molar-refractivity contribution is 0.0679. The van der Waals surface area contributed by atoms with E-state index in [1.807, 2.05) is 0 Å². The second-order valence-electron chi connectivity index (χ2n) is 6.58. The molecule has 0 aliphatic heterocycles. The fourth-order valence-corrected chi connectivity index (χ4v) is 2.95. The topological polar surface area (TPSA) is 182 Å². The van der Waals surface area contributed by atoms with Crippen LogP contribution in [-0.2, 0) is 13.1 Å². The summed E-state index contributed by atoms with van der Waals surface area (Å²) in [5.74, 6) is -2.70. The highest BCUT2D eigenvalue weighted by Crippen LogP contribution is 2.12. The first-order chi connectivity index (χ1) is 14.8. The first kappa shape index (κ1) is 19.7. The number of amides is 1. The lowest BCUT2D eigenvalue weighted by Crippen LogP contribution is -2.36. The van der Waals surface area contributed by atoms with Crippen LogP contribution in [0.25, 0.3) is 5.65 Å². The average molecular weight is 421 g/mol. The zero-order valence-corrected chi connectivity index (χ0v) is 15.8. The largest absolute Gasteiger partial charge is 0.475 e. The van der Waals surface area contributed by atoms with E-state index in [2.05, 4.69) is 25.7 Å². The van der Waals surface area contributed by atoms with E-state index in [-0.39, 0.29) is 35.9 Å². The summed E-state index contributed by atoms with van der Waals surface area (Å²) in [6, 6.07) is 8.60. The van der Waals surface area contributed by atoms with Crippen molar-refractivity contribution in [1.29, 1.82) is 0 Å². The molecule has 1 amide bonds. The van der Waals surface area contributed by atoms with Gasteiger partial charge in [-0.2, -0.15) is 14.6 Å². The molecule has 4 aromatic rings. The van der Waals surface area contributed by atoms with Crippen LogP contribution >= 0.6 is 0 Å². The van der Waals surface area contributed by atoms with E-state index in [9.17, 15) is 24.3 Å². The van der Waals surface area contributed by atoms with E-state index >= 15 is 0 Å². The molecule has 0 saturated carbocycles. The number of nitrogens with one attached hydrogen (secondary N) is 2. The lowest BCUT2D eigenvalue weighted by atomic mass is 10.1. The van der Waals surface area contributed by atoms with Crippen LogP contribution in [0.3, 0.4) is 0 Å². The van der Waals surface area contributed by atoms with Crippen molar-refractivity contribution < 1.29 is 14.7 Å². The Kier molecular flexibility index (Phi) is 4.87. The number of carbonyl (C=O) groups excluding carboxylic acids is 1. The van der Waals surface area contributed by atoms with Gasteiger partial charge >= 0.3 is 5.97 Å². The van der Waals surface area contributed by atoms with Crippen LogP contribution in [0.4, 0.5) is 11.4 Å². The van der Waals surface area contributed by atoms with Gasteiger partial charge in [0.1, 0.15) is 11.4 Å². The van der Waals surface area contributed by atoms with Crippen molar-refractivity contribution in [1.82, 2.24) is 24.9 Å². The number of hydrogen-bond donors (Lipinski definition) is 4. The Morgan fingerprint density at radius 3 is 2.52 bits per heavy atom. The Bertz CT molecular complexity index is 1400. The minimum absolute atomic E-state index is 0.0793. The highest BCUT2D eigenvalue weighted by molar-refractivity contribution is 5.92. The summed E-state index contributed by atoms with van der Waals surface area (Å²) in [4.78, 5) is 54.2. The smallest absolute Gasteiger partial charge is 0.374 e. The van der Waals surface area contributed by atoms with Crippen molar-refractivity contribution in [3.8, 4) is 0 Å². The van der Waals surface area contributed by atoms with E-state index in [1.54, 1.807) is 24.3 Å². The van der Waals surface area contributed by atoms with Crippen molar-refractivity contribution >= 4 is 28.9 Å². The van der Waals surface area contributed by atoms with Gasteiger partial charge in [-0.05, 0) is 11.1 Å². The van der Waals surface area contributed by atoms with Crippen molar-refractivity contribution in [2.75, 3.05) is 11.1 Å². The molecule has 0 bridgehead atoms. The number of aromatic nitrogens is 4. The molecule has 2 aromatic carbocycles. The molecule has 0 radical (unpaired) electrons. The second-order valence-corrected chi connectivity index (χ2v) is 6.58. The Morgan fingerprint density at radius 1 is 1.06 bits per heavy atom. The van der Waals surface area contributed by atoms with E-state index in [0.717, 1.165) is 15.6 Å². The Labute approximate surface area is 173 Å². The van der Waals surface area contributed by atoms with Gasteiger partial charge in [0.25, 0.3) is 16.8 Å². The van der Waals surface area contributed by atoms with Gasteiger partial charge < -0.3 is 21.5 Å². The maximum absolute atomic E-state index is 12.4. The van der Waals surface area contributed by atoms with Crippen LogP contribution in [0.15, 0.2) is 46.1 Å². The van der Waals surface area contributed by atoms with Crippen LogP contribution in [0, 0.1) is 0 Å². The molecule has 2 heterocycles. The van der Waals surface area contributed by atoms with E-state index in [4.69, 9.17) is 5.73 Å². The first-order valence-electron chi connectivity index (χ1n) is 8.99. The van der Waals surface area contributed by atoms with Gasteiger partial charge in [0.05, 0.1) is 6.20 Å². The van der Waals surface area contributed by atoms with Crippen molar-refractivity contribution in [2.45, 2.75) is 13.1 Å². The second kappa shape index (κ2) is 7.67. The van der Waals surface area contributed by atoms with Gasteiger partial charge in [-0.25, -0.2) is 9.78 Å². The summed E-state index contributed by atoms with van der Waals surface area (Å²) in [6.45, 7) is 0.394. The van der Waals surface area contributed by atoms with Gasteiger partial charge in [0, 0.05) is 19.2 Å². The minimum Gasteiger partial charge on any atom is -0.475 e. The molecule has 5 N–H and O–H groups in total. The maximum atomic E-state index is 12.4. The maximum Gasteiger partial charge on any atom is 0.374 e. The number of carboxylic acids is 1. The molecule has 4 rings (SSSR count). The number of aromatic carboxylic acids is 1. The summed E-state index contributed by atoms with van der Waals surface area (Å²) in [6.07, 6.45) is 1.36. The third kappa shape index (κ3) is 3.69. The van der Waals surface area contributed by atoms with E-state index < -0.39 is 28.6 Å². The summed E-state index contributed by atoms with van der Waals surface area (Å²) in [5.41, 5.74) is 5.90. The quantitative estimate of drug-likeness (QED) is 0.285. The van der Waals surface area contributed by atoms with Crippen molar-refractivity contribution in [3.05, 3.63) is 79.8 Å². The number of nitrogens with zero attached hydrogens (tertiary/aromatic N) is 4. The highest BCUT2D eigenvalue weighted by atomic mass is 16.4. The highest BCUT2D eigenvalue weighted by Gasteiger charge is 2.19. The molecule has 0 unspecified atom stereocenters. The Balaban J connectivity index is 1.44. The molecule has 12 heteroatoms. The third-order valence-electron chi connectivity index (χ3n) is 4.51. The van der Waals surface area contributed by atoms with Gasteiger partial charge in [-0.15, -0.1) is 0 Å². The molecular weight excluding hydrogens is 406 g/mol. The normalized spacial score (nSPS) is 11.0. The molecule has 0 saturated heterocycles. The number of hydrogen-bond acceptors (Lipinski definition) is 9. The molecule has 0 spiro atoms. The predicted octanol–water partition coefficient (Wildman–Crippen LogP) is -0.457. The Morgan fingerprint density at radius 2 is 1.81 bits per heavy atom.